The fraction of sp³-hybridized carbons (Fsp3) is 0.0769. The van der Waals surface area contributed by atoms with E-state index in [0.29, 0.717) is 11.3 Å². The Morgan fingerprint density at radius 1 is 1.53 bits per heavy atom. The molecule has 1 aromatic heterocycles. The molecule has 6 heteroatoms. The molecular formula is C13H10FNO3S. The molecule has 0 spiro atoms. The summed E-state index contributed by atoms with van der Waals surface area (Å²) in [4.78, 5) is 14.5. The fourth-order valence-corrected chi connectivity index (χ4v) is 1.97. The van der Waals surface area contributed by atoms with Crippen LogP contribution in [-0.2, 0) is 11.4 Å². The largest absolute Gasteiger partial charge is 0.484 e. The van der Waals surface area contributed by atoms with Crippen molar-refractivity contribution in [3.8, 4) is 5.75 Å². The number of hydrogen-bond acceptors (Lipinski definition) is 4. The molecule has 0 aliphatic carbocycles. The predicted molar refractivity (Wildman–Crippen MR) is 69.5 cm³/mol. The number of carbonyl (C=O) groups is 1. The average molecular weight is 279 g/mol. The van der Waals surface area contributed by atoms with Gasteiger partial charge in [-0.15, -0.1) is 11.3 Å². The Labute approximate surface area is 112 Å². The van der Waals surface area contributed by atoms with Crippen molar-refractivity contribution >= 4 is 23.4 Å². The molecule has 0 aliphatic rings. The number of para-hydroxylation sites is 1. The Balaban J connectivity index is 2.20. The van der Waals surface area contributed by atoms with Crippen molar-refractivity contribution < 1.29 is 19.0 Å². The maximum absolute atomic E-state index is 13.7. The van der Waals surface area contributed by atoms with Crippen molar-refractivity contribution in [1.82, 2.24) is 4.98 Å². The van der Waals surface area contributed by atoms with Crippen LogP contribution in [0.5, 0.6) is 5.75 Å². The third kappa shape index (κ3) is 3.62. The Hall–Kier alpha value is -2.21. The number of thiazole rings is 1. The summed E-state index contributed by atoms with van der Waals surface area (Å²) in [5.74, 6) is -1.62. The first-order valence-corrected chi connectivity index (χ1v) is 6.30. The van der Waals surface area contributed by atoms with E-state index in [9.17, 15) is 9.18 Å². The fourth-order valence-electron chi connectivity index (χ4n) is 1.43. The zero-order valence-electron chi connectivity index (χ0n) is 9.75. The van der Waals surface area contributed by atoms with Crippen molar-refractivity contribution in [3.63, 3.8) is 0 Å². The van der Waals surface area contributed by atoms with Crippen LogP contribution in [0, 0.1) is 5.82 Å². The molecule has 0 saturated heterocycles. The van der Waals surface area contributed by atoms with Crippen molar-refractivity contribution in [3.05, 3.63) is 52.2 Å². The number of halogens is 1. The number of hydrogen-bond donors (Lipinski definition) is 1. The van der Waals surface area contributed by atoms with Crippen LogP contribution in [0.1, 0.15) is 11.3 Å². The number of rotatable bonds is 5. The van der Waals surface area contributed by atoms with Crippen LogP contribution in [-0.4, -0.2) is 16.1 Å². The highest BCUT2D eigenvalue weighted by Gasteiger charge is 2.09. The molecule has 2 rings (SSSR count). The Morgan fingerprint density at radius 2 is 2.37 bits per heavy atom. The maximum Gasteiger partial charge on any atom is 0.328 e. The first kappa shape index (κ1) is 13.2. The molecule has 0 radical (unpaired) electrons. The highest BCUT2D eigenvalue weighted by atomic mass is 32.1. The zero-order chi connectivity index (χ0) is 13.7. The molecule has 0 unspecified atom stereocenters. The predicted octanol–water partition coefficient (Wildman–Crippen LogP) is 2.96. The third-order valence-corrected chi connectivity index (χ3v) is 2.89. The van der Waals surface area contributed by atoms with Gasteiger partial charge in [0.2, 0.25) is 0 Å². The molecule has 19 heavy (non-hydrogen) atoms. The van der Waals surface area contributed by atoms with Gasteiger partial charge in [0.1, 0.15) is 6.61 Å². The Kier molecular flexibility index (Phi) is 4.25. The average Bonchev–Trinajstić information content (AvgIpc) is 2.88. The lowest BCUT2D eigenvalue weighted by Crippen LogP contribution is -1.99. The van der Waals surface area contributed by atoms with Crippen LogP contribution in [0.3, 0.4) is 0 Å². The number of benzene rings is 1. The molecule has 0 fully saturated rings. The third-order valence-electron chi connectivity index (χ3n) is 2.25. The summed E-state index contributed by atoms with van der Waals surface area (Å²) in [5.41, 5.74) is 2.73. The van der Waals surface area contributed by atoms with Gasteiger partial charge >= 0.3 is 5.97 Å². The number of nitrogens with zero attached hydrogens (tertiary/aromatic N) is 1. The second-order valence-electron chi connectivity index (χ2n) is 3.60. The molecule has 0 amide bonds. The van der Waals surface area contributed by atoms with E-state index in [1.165, 1.54) is 29.5 Å². The van der Waals surface area contributed by atoms with Gasteiger partial charge in [0.15, 0.2) is 11.6 Å². The monoisotopic (exact) mass is 279 g/mol. The maximum atomic E-state index is 13.7. The van der Waals surface area contributed by atoms with E-state index in [4.69, 9.17) is 9.84 Å². The summed E-state index contributed by atoms with van der Waals surface area (Å²) in [6, 6.07) is 4.33. The normalized spacial score (nSPS) is 10.8. The van der Waals surface area contributed by atoms with Gasteiger partial charge in [0.05, 0.1) is 11.2 Å². The van der Waals surface area contributed by atoms with Crippen LogP contribution < -0.4 is 4.74 Å². The van der Waals surface area contributed by atoms with E-state index in [-0.39, 0.29) is 12.4 Å². The topological polar surface area (TPSA) is 59.4 Å². The number of carboxylic acids is 1. The lowest BCUT2D eigenvalue weighted by molar-refractivity contribution is -0.131. The summed E-state index contributed by atoms with van der Waals surface area (Å²) in [5, 5.41) is 10.4. The molecule has 1 aromatic carbocycles. The van der Waals surface area contributed by atoms with Crippen LogP contribution in [0.15, 0.2) is 35.2 Å². The van der Waals surface area contributed by atoms with Gasteiger partial charge in [0.25, 0.3) is 0 Å². The smallest absolute Gasteiger partial charge is 0.328 e. The van der Waals surface area contributed by atoms with Gasteiger partial charge in [-0.05, 0) is 12.1 Å². The Morgan fingerprint density at radius 3 is 3.05 bits per heavy atom. The van der Waals surface area contributed by atoms with Gasteiger partial charge < -0.3 is 9.84 Å². The summed E-state index contributed by atoms with van der Waals surface area (Å²) < 4.78 is 19.0. The van der Waals surface area contributed by atoms with Crippen molar-refractivity contribution in [2.75, 3.05) is 0 Å². The SMILES string of the molecule is O=C(O)/C=C/c1cccc(F)c1OCc1cscn1. The minimum absolute atomic E-state index is 0.0213. The summed E-state index contributed by atoms with van der Waals surface area (Å²) in [6.45, 7) is 0.137. The van der Waals surface area contributed by atoms with Crippen LogP contribution in [0.4, 0.5) is 4.39 Å². The van der Waals surface area contributed by atoms with E-state index in [1.807, 2.05) is 0 Å². The molecule has 98 valence electrons. The van der Waals surface area contributed by atoms with Gasteiger partial charge in [-0.25, -0.2) is 14.2 Å². The molecule has 1 heterocycles. The molecular weight excluding hydrogens is 269 g/mol. The highest BCUT2D eigenvalue weighted by molar-refractivity contribution is 7.07. The molecule has 0 aliphatic heterocycles. The van der Waals surface area contributed by atoms with E-state index in [0.717, 1.165) is 6.08 Å². The molecule has 0 saturated carbocycles. The lowest BCUT2D eigenvalue weighted by atomic mass is 10.2. The second-order valence-corrected chi connectivity index (χ2v) is 4.32. The van der Waals surface area contributed by atoms with Crippen LogP contribution in [0.25, 0.3) is 6.08 Å². The van der Waals surface area contributed by atoms with E-state index >= 15 is 0 Å². The van der Waals surface area contributed by atoms with Gasteiger partial charge in [-0.2, -0.15) is 0 Å². The van der Waals surface area contributed by atoms with Crippen molar-refractivity contribution in [1.29, 1.82) is 0 Å². The number of carboxylic acid groups (broad SMARTS) is 1. The van der Waals surface area contributed by atoms with E-state index in [1.54, 1.807) is 17.0 Å². The first-order valence-electron chi connectivity index (χ1n) is 5.36. The zero-order valence-corrected chi connectivity index (χ0v) is 10.6. The summed E-state index contributed by atoms with van der Waals surface area (Å²) in [7, 11) is 0. The van der Waals surface area contributed by atoms with Crippen LogP contribution in [0.2, 0.25) is 0 Å². The van der Waals surface area contributed by atoms with Gasteiger partial charge in [0, 0.05) is 17.0 Å². The van der Waals surface area contributed by atoms with Crippen LogP contribution >= 0.6 is 11.3 Å². The number of aromatic nitrogens is 1. The van der Waals surface area contributed by atoms with E-state index in [2.05, 4.69) is 4.98 Å². The van der Waals surface area contributed by atoms with Gasteiger partial charge in [-0.3, -0.25) is 0 Å². The molecule has 0 atom stereocenters. The van der Waals surface area contributed by atoms with Crippen molar-refractivity contribution in [2.45, 2.75) is 6.61 Å². The molecule has 2 aromatic rings. The molecule has 0 bridgehead atoms. The van der Waals surface area contributed by atoms with Crippen molar-refractivity contribution in [2.24, 2.45) is 0 Å². The quantitative estimate of drug-likeness (QED) is 0.855. The molecule has 4 nitrogen and oxygen atoms in total. The standard InChI is InChI=1S/C13H10FNO3S/c14-11-3-1-2-9(4-5-12(16)17)13(11)18-6-10-7-19-8-15-10/h1-5,7-8H,6H2,(H,16,17)/b5-4+. The van der Waals surface area contributed by atoms with E-state index < -0.39 is 11.8 Å². The lowest BCUT2D eigenvalue weighted by Gasteiger charge is -2.08. The minimum Gasteiger partial charge on any atom is -0.484 e. The summed E-state index contributed by atoms with van der Waals surface area (Å²) >= 11 is 1.42. The summed E-state index contributed by atoms with van der Waals surface area (Å²) in [6.07, 6.45) is 2.23. The number of ether oxygens (including phenoxy) is 1. The first-order chi connectivity index (χ1) is 9.16. The minimum atomic E-state index is -1.10. The Bertz CT molecular complexity index is 596. The highest BCUT2D eigenvalue weighted by Crippen LogP contribution is 2.25. The molecule has 1 N–H and O–H groups in total. The second kappa shape index (κ2) is 6.10. The number of aliphatic carboxylic acids is 1. The van der Waals surface area contributed by atoms with Gasteiger partial charge in [-0.1, -0.05) is 12.1 Å².